The van der Waals surface area contributed by atoms with Crippen molar-refractivity contribution in [3.63, 3.8) is 0 Å². The molecular formula is C12H15ClF2O3. The van der Waals surface area contributed by atoms with Crippen LogP contribution in [0.3, 0.4) is 0 Å². The van der Waals surface area contributed by atoms with E-state index in [0.29, 0.717) is 16.3 Å². The molecule has 0 bridgehead atoms. The zero-order valence-corrected chi connectivity index (χ0v) is 10.7. The van der Waals surface area contributed by atoms with Gasteiger partial charge in [0, 0.05) is 23.6 Å². The van der Waals surface area contributed by atoms with Crippen molar-refractivity contribution >= 4 is 11.6 Å². The maximum absolute atomic E-state index is 11.8. The minimum Gasteiger partial charge on any atom is -0.496 e. The Hall–Kier alpha value is -0.910. The Morgan fingerprint density at radius 2 is 2.11 bits per heavy atom. The maximum atomic E-state index is 11.8. The third-order valence-electron chi connectivity index (χ3n) is 2.33. The van der Waals surface area contributed by atoms with Gasteiger partial charge >= 0.3 is 0 Å². The molecule has 1 aromatic rings. The number of methoxy groups -OCH3 is 1. The number of alkyl halides is 2. The van der Waals surface area contributed by atoms with Gasteiger partial charge in [-0.15, -0.1) is 0 Å². The molecule has 0 saturated carbocycles. The topological polar surface area (TPSA) is 38.7 Å². The van der Waals surface area contributed by atoms with Crippen molar-refractivity contribution in [1.29, 1.82) is 0 Å². The van der Waals surface area contributed by atoms with Gasteiger partial charge in [-0.1, -0.05) is 11.6 Å². The molecule has 18 heavy (non-hydrogen) atoms. The molecule has 3 nitrogen and oxygen atoms in total. The summed E-state index contributed by atoms with van der Waals surface area (Å²) in [6, 6.07) is 4.86. The largest absolute Gasteiger partial charge is 0.496 e. The molecule has 0 amide bonds. The molecule has 102 valence electrons. The third-order valence-corrected chi connectivity index (χ3v) is 2.57. The zero-order valence-electron chi connectivity index (χ0n) is 9.91. The predicted octanol–water partition coefficient (Wildman–Crippen LogP) is 3.05. The molecule has 0 aliphatic carbocycles. The Kier molecular flexibility index (Phi) is 6.32. The number of rotatable bonds is 7. The Morgan fingerprint density at radius 3 is 2.72 bits per heavy atom. The summed E-state index contributed by atoms with van der Waals surface area (Å²) in [5.41, 5.74) is 0.519. The average Bonchev–Trinajstić information content (AvgIpc) is 2.34. The molecule has 0 fully saturated rings. The molecule has 1 unspecified atom stereocenters. The van der Waals surface area contributed by atoms with E-state index in [-0.39, 0.29) is 13.0 Å². The number of benzene rings is 1. The van der Waals surface area contributed by atoms with Crippen molar-refractivity contribution in [2.75, 3.05) is 20.3 Å². The normalized spacial score (nSPS) is 12.8. The van der Waals surface area contributed by atoms with E-state index in [0.717, 1.165) is 0 Å². The molecule has 0 heterocycles. The van der Waals surface area contributed by atoms with Crippen LogP contribution in [0.4, 0.5) is 8.78 Å². The lowest BCUT2D eigenvalue weighted by molar-refractivity contribution is 0.00460. The van der Waals surface area contributed by atoms with E-state index in [1.54, 1.807) is 18.2 Å². The quantitative estimate of drug-likeness (QED) is 0.780. The number of aliphatic hydroxyl groups is 1. The van der Waals surface area contributed by atoms with Gasteiger partial charge in [0.05, 0.1) is 13.2 Å². The van der Waals surface area contributed by atoms with Gasteiger partial charge < -0.3 is 14.6 Å². The van der Waals surface area contributed by atoms with Crippen LogP contribution in [-0.4, -0.2) is 31.9 Å². The second-order valence-electron chi connectivity index (χ2n) is 3.66. The van der Waals surface area contributed by atoms with E-state index in [1.807, 2.05) is 0 Å². The number of aliphatic hydroxyl groups excluding tert-OH is 1. The second kappa shape index (κ2) is 7.51. The summed E-state index contributed by atoms with van der Waals surface area (Å²) >= 11 is 5.82. The van der Waals surface area contributed by atoms with E-state index in [1.165, 1.54) is 7.11 Å². The monoisotopic (exact) mass is 280 g/mol. The molecule has 0 aromatic heterocycles. The van der Waals surface area contributed by atoms with E-state index in [2.05, 4.69) is 0 Å². The summed E-state index contributed by atoms with van der Waals surface area (Å²) < 4.78 is 33.5. The van der Waals surface area contributed by atoms with E-state index >= 15 is 0 Å². The highest BCUT2D eigenvalue weighted by molar-refractivity contribution is 6.30. The van der Waals surface area contributed by atoms with Gasteiger partial charge in [0.1, 0.15) is 12.4 Å². The minimum atomic E-state index is -2.50. The molecule has 0 saturated heterocycles. The molecule has 6 heteroatoms. The first-order chi connectivity index (χ1) is 8.54. The first kappa shape index (κ1) is 15.1. The molecule has 0 aliphatic rings. The highest BCUT2D eigenvalue weighted by Gasteiger charge is 2.14. The summed E-state index contributed by atoms with van der Waals surface area (Å²) in [6.07, 6.45) is -3.16. The number of hydrogen-bond donors (Lipinski definition) is 1. The van der Waals surface area contributed by atoms with Gasteiger partial charge in [-0.3, -0.25) is 0 Å². The lowest BCUT2D eigenvalue weighted by Crippen LogP contribution is -2.09. The standard InChI is InChI=1S/C12H15ClF2O3/c1-17-11-3-2-8(13)6-9(11)10(16)4-5-18-7-12(14)15/h2-3,6,10,12,16H,4-5,7H2,1H3. The average molecular weight is 281 g/mol. The van der Waals surface area contributed by atoms with Crippen molar-refractivity contribution in [2.45, 2.75) is 19.0 Å². The number of ether oxygens (including phenoxy) is 2. The first-order valence-corrected chi connectivity index (χ1v) is 5.79. The highest BCUT2D eigenvalue weighted by atomic mass is 35.5. The smallest absolute Gasteiger partial charge is 0.261 e. The summed E-state index contributed by atoms with van der Waals surface area (Å²) in [7, 11) is 1.48. The maximum Gasteiger partial charge on any atom is 0.261 e. The van der Waals surface area contributed by atoms with Crippen molar-refractivity contribution in [2.24, 2.45) is 0 Å². The van der Waals surface area contributed by atoms with Crippen LogP contribution in [0, 0.1) is 0 Å². The fraction of sp³-hybridized carbons (Fsp3) is 0.500. The summed E-state index contributed by atoms with van der Waals surface area (Å²) in [6.45, 7) is -0.583. The summed E-state index contributed by atoms with van der Waals surface area (Å²) in [4.78, 5) is 0. The van der Waals surface area contributed by atoms with Crippen LogP contribution in [0.25, 0.3) is 0 Å². The molecule has 1 rings (SSSR count). The first-order valence-electron chi connectivity index (χ1n) is 5.42. The van der Waals surface area contributed by atoms with Crippen LogP contribution in [-0.2, 0) is 4.74 Å². The second-order valence-corrected chi connectivity index (χ2v) is 4.09. The predicted molar refractivity (Wildman–Crippen MR) is 64.4 cm³/mol. The third kappa shape index (κ3) is 4.76. The Bertz CT molecular complexity index is 374. The molecule has 1 aromatic carbocycles. The molecular weight excluding hydrogens is 266 g/mol. The van der Waals surface area contributed by atoms with Gasteiger partial charge in [-0.25, -0.2) is 8.78 Å². The Labute approximate surface area is 109 Å². The molecule has 0 spiro atoms. The lowest BCUT2D eigenvalue weighted by atomic mass is 10.1. The fourth-order valence-corrected chi connectivity index (χ4v) is 1.67. The van der Waals surface area contributed by atoms with Gasteiger partial charge in [0.2, 0.25) is 0 Å². The lowest BCUT2D eigenvalue weighted by Gasteiger charge is -2.15. The van der Waals surface area contributed by atoms with Gasteiger partial charge in [-0.2, -0.15) is 0 Å². The molecule has 0 radical (unpaired) electrons. The van der Waals surface area contributed by atoms with Crippen LogP contribution in [0.2, 0.25) is 5.02 Å². The van der Waals surface area contributed by atoms with E-state index < -0.39 is 19.1 Å². The van der Waals surface area contributed by atoms with Crippen LogP contribution in [0.1, 0.15) is 18.1 Å². The summed E-state index contributed by atoms with van der Waals surface area (Å²) in [5.74, 6) is 0.501. The molecule has 1 atom stereocenters. The highest BCUT2D eigenvalue weighted by Crippen LogP contribution is 2.29. The van der Waals surface area contributed by atoms with Crippen molar-refractivity contribution < 1.29 is 23.4 Å². The van der Waals surface area contributed by atoms with Crippen molar-refractivity contribution in [1.82, 2.24) is 0 Å². The van der Waals surface area contributed by atoms with Crippen LogP contribution >= 0.6 is 11.6 Å². The SMILES string of the molecule is COc1ccc(Cl)cc1C(O)CCOCC(F)F. The minimum absolute atomic E-state index is 0.0428. The van der Waals surface area contributed by atoms with Crippen molar-refractivity contribution in [3.05, 3.63) is 28.8 Å². The Morgan fingerprint density at radius 1 is 1.39 bits per heavy atom. The van der Waals surface area contributed by atoms with Gasteiger partial charge in [0.25, 0.3) is 6.43 Å². The Balaban J connectivity index is 2.55. The molecule has 0 aliphatic heterocycles. The van der Waals surface area contributed by atoms with Crippen LogP contribution in [0.5, 0.6) is 5.75 Å². The van der Waals surface area contributed by atoms with E-state index in [9.17, 15) is 13.9 Å². The van der Waals surface area contributed by atoms with Crippen LogP contribution in [0.15, 0.2) is 18.2 Å². The van der Waals surface area contributed by atoms with E-state index in [4.69, 9.17) is 21.1 Å². The number of hydrogen-bond acceptors (Lipinski definition) is 3. The number of halogens is 3. The molecule has 1 N–H and O–H groups in total. The van der Waals surface area contributed by atoms with Crippen LogP contribution < -0.4 is 4.74 Å². The van der Waals surface area contributed by atoms with Gasteiger partial charge in [-0.05, 0) is 18.2 Å². The fourth-order valence-electron chi connectivity index (χ4n) is 1.49. The summed E-state index contributed by atoms with van der Waals surface area (Å²) in [5, 5.41) is 10.4. The van der Waals surface area contributed by atoms with Gasteiger partial charge in [0.15, 0.2) is 0 Å². The zero-order chi connectivity index (χ0) is 13.5. The van der Waals surface area contributed by atoms with Crippen molar-refractivity contribution in [3.8, 4) is 5.75 Å².